The zero-order valence-corrected chi connectivity index (χ0v) is 13.7. The van der Waals surface area contributed by atoms with Gasteiger partial charge in [-0.2, -0.15) is 0 Å². The third-order valence-corrected chi connectivity index (χ3v) is 3.54. The standard InChI is InChI=1S/C18H19N5O/c1-4-18(24)22-13-5-6-15-16(8-13)23(11-20-15)17-10-19-9-14(21-17)7-12(2)3/h4-6,8-12H,1,7H2,2-3H3,(H,22,24). The van der Waals surface area contributed by atoms with Crippen LogP contribution in [0.15, 0.2) is 49.6 Å². The number of hydrogen-bond acceptors (Lipinski definition) is 4. The molecule has 122 valence electrons. The van der Waals surface area contributed by atoms with E-state index in [1.54, 1.807) is 18.7 Å². The molecular formula is C18H19N5O. The molecule has 2 aromatic heterocycles. The van der Waals surface area contributed by atoms with Crippen LogP contribution in [0.25, 0.3) is 16.9 Å². The van der Waals surface area contributed by atoms with Gasteiger partial charge in [-0.1, -0.05) is 20.4 Å². The van der Waals surface area contributed by atoms with Crippen LogP contribution in [-0.2, 0) is 11.2 Å². The van der Waals surface area contributed by atoms with Crippen LogP contribution in [0.4, 0.5) is 5.69 Å². The maximum atomic E-state index is 11.5. The number of amides is 1. The van der Waals surface area contributed by atoms with Crippen LogP contribution in [0.3, 0.4) is 0 Å². The summed E-state index contributed by atoms with van der Waals surface area (Å²) in [4.78, 5) is 24.8. The summed E-state index contributed by atoms with van der Waals surface area (Å²) in [5, 5.41) is 2.76. The van der Waals surface area contributed by atoms with Gasteiger partial charge in [-0.3, -0.25) is 14.3 Å². The molecule has 0 aliphatic carbocycles. The molecule has 0 unspecified atom stereocenters. The predicted octanol–water partition coefficient (Wildman–Crippen LogP) is 3.14. The van der Waals surface area contributed by atoms with E-state index in [0.29, 0.717) is 17.4 Å². The largest absolute Gasteiger partial charge is 0.322 e. The van der Waals surface area contributed by atoms with Gasteiger partial charge in [0, 0.05) is 11.9 Å². The normalized spacial score (nSPS) is 11.0. The molecule has 0 spiro atoms. The number of carbonyl (C=O) groups is 1. The average Bonchev–Trinajstić information content (AvgIpc) is 2.97. The summed E-state index contributed by atoms with van der Waals surface area (Å²) in [6, 6.07) is 5.53. The van der Waals surface area contributed by atoms with E-state index in [0.717, 1.165) is 23.1 Å². The Morgan fingerprint density at radius 1 is 1.38 bits per heavy atom. The van der Waals surface area contributed by atoms with Crippen LogP contribution in [0.5, 0.6) is 0 Å². The van der Waals surface area contributed by atoms with Gasteiger partial charge in [-0.05, 0) is 36.6 Å². The molecule has 0 fully saturated rings. The van der Waals surface area contributed by atoms with E-state index in [9.17, 15) is 4.79 Å². The molecule has 6 heteroatoms. The van der Waals surface area contributed by atoms with E-state index in [2.05, 4.69) is 40.7 Å². The number of aromatic nitrogens is 4. The first-order chi connectivity index (χ1) is 11.6. The number of rotatable bonds is 5. The Hall–Kier alpha value is -3.02. The first kappa shape index (κ1) is 15.9. The monoisotopic (exact) mass is 321 g/mol. The topological polar surface area (TPSA) is 72.7 Å². The van der Waals surface area contributed by atoms with Gasteiger partial charge in [-0.25, -0.2) is 9.97 Å². The second-order valence-corrected chi connectivity index (χ2v) is 5.98. The SMILES string of the molecule is C=CC(=O)Nc1ccc2ncn(-c3cncc(CC(C)C)n3)c2c1. The Balaban J connectivity index is 2.01. The molecule has 3 aromatic rings. The minimum atomic E-state index is -0.251. The van der Waals surface area contributed by atoms with E-state index >= 15 is 0 Å². The number of fused-ring (bicyclic) bond motifs is 1. The third kappa shape index (κ3) is 3.32. The van der Waals surface area contributed by atoms with Gasteiger partial charge in [0.25, 0.3) is 0 Å². The third-order valence-electron chi connectivity index (χ3n) is 3.54. The fourth-order valence-corrected chi connectivity index (χ4v) is 2.49. The van der Waals surface area contributed by atoms with E-state index in [4.69, 9.17) is 0 Å². The summed E-state index contributed by atoms with van der Waals surface area (Å²) < 4.78 is 1.87. The van der Waals surface area contributed by atoms with Crippen molar-refractivity contribution in [3.05, 3.63) is 55.3 Å². The molecule has 1 amide bonds. The molecule has 24 heavy (non-hydrogen) atoms. The summed E-state index contributed by atoms with van der Waals surface area (Å²) in [5.41, 5.74) is 3.30. The summed E-state index contributed by atoms with van der Waals surface area (Å²) in [7, 11) is 0. The highest BCUT2D eigenvalue weighted by Crippen LogP contribution is 2.21. The summed E-state index contributed by atoms with van der Waals surface area (Å²) in [5.74, 6) is 0.969. The van der Waals surface area contributed by atoms with Crippen molar-refractivity contribution >= 4 is 22.6 Å². The van der Waals surface area contributed by atoms with Gasteiger partial charge in [-0.15, -0.1) is 0 Å². The number of hydrogen-bond donors (Lipinski definition) is 1. The van der Waals surface area contributed by atoms with Crippen molar-refractivity contribution in [2.24, 2.45) is 5.92 Å². The first-order valence-electron chi connectivity index (χ1n) is 7.78. The summed E-state index contributed by atoms with van der Waals surface area (Å²) in [6.07, 6.45) is 7.32. The fourth-order valence-electron chi connectivity index (χ4n) is 2.49. The van der Waals surface area contributed by atoms with Crippen molar-refractivity contribution in [2.45, 2.75) is 20.3 Å². The van der Waals surface area contributed by atoms with Crippen molar-refractivity contribution in [2.75, 3.05) is 5.32 Å². The highest BCUT2D eigenvalue weighted by Gasteiger charge is 2.09. The van der Waals surface area contributed by atoms with E-state index in [1.165, 1.54) is 6.08 Å². The molecule has 1 aromatic carbocycles. The number of nitrogens with zero attached hydrogens (tertiary/aromatic N) is 4. The Morgan fingerprint density at radius 3 is 2.96 bits per heavy atom. The van der Waals surface area contributed by atoms with Crippen LogP contribution in [0, 0.1) is 5.92 Å². The number of carbonyl (C=O) groups excluding carboxylic acids is 1. The molecule has 0 saturated heterocycles. The number of anilines is 1. The van der Waals surface area contributed by atoms with Gasteiger partial charge < -0.3 is 5.32 Å². The van der Waals surface area contributed by atoms with Crippen molar-refractivity contribution in [3.8, 4) is 5.82 Å². The Kier molecular flexibility index (Phi) is 4.37. The molecule has 3 rings (SSSR count). The Morgan fingerprint density at radius 2 is 2.21 bits per heavy atom. The van der Waals surface area contributed by atoms with Crippen LogP contribution in [0.1, 0.15) is 19.5 Å². The smallest absolute Gasteiger partial charge is 0.247 e. The number of imidazole rings is 1. The van der Waals surface area contributed by atoms with Crippen molar-refractivity contribution in [3.63, 3.8) is 0 Å². The van der Waals surface area contributed by atoms with Crippen molar-refractivity contribution in [1.29, 1.82) is 0 Å². The second kappa shape index (κ2) is 6.62. The molecule has 1 N–H and O–H groups in total. The molecule has 6 nitrogen and oxygen atoms in total. The van der Waals surface area contributed by atoms with Crippen molar-refractivity contribution < 1.29 is 4.79 Å². The lowest BCUT2D eigenvalue weighted by molar-refractivity contribution is -0.111. The van der Waals surface area contributed by atoms with Crippen LogP contribution in [0.2, 0.25) is 0 Å². The highest BCUT2D eigenvalue weighted by molar-refractivity contribution is 6.00. The second-order valence-electron chi connectivity index (χ2n) is 5.98. The maximum Gasteiger partial charge on any atom is 0.247 e. The van der Waals surface area contributed by atoms with Gasteiger partial charge in [0.05, 0.1) is 22.9 Å². The molecule has 0 atom stereocenters. The van der Waals surface area contributed by atoms with E-state index in [-0.39, 0.29) is 5.91 Å². The zero-order valence-electron chi connectivity index (χ0n) is 13.7. The Bertz CT molecular complexity index is 897. The van der Waals surface area contributed by atoms with E-state index < -0.39 is 0 Å². The molecule has 2 heterocycles. The maximum absolute atomic E-state index is 11.5. The van der Waals surface area contributed by atoms with Crippen LogP contribution < -0.4 is 5.32 Å². The lowest BCUT2D eigenvalue weighted by Gasteiger charge is -2.08. The molecule has 0 radical (unpaired) electrons. The first-order valence-corrected chi connectivity index (χ1v) is 7.78. The quantitative estimate of drug-likeness (QED) is 0.733. The molecule has 0 aliphatic heterocycles. The predicted molar refractivity (Wildman–Crippen MR) is 94.0 cm³/mol. The van der Waals surface area contributed by atoms with Gasteiger partial charge in [0.1, 0.15) is 6.33 Å². The Labute approximate surface area is 140 Å². The number of nitrogens with one attached hydrogen (secondary N) is 1. The molecular weight excluding hydrogens is 302 g/mol. The summed E-state index contributed by atoms with van der Waals surface area (Å²) >= 11 is 0. The highest BCUT2D eigenvalue weighted by atomic mass is 16.1. The van der Waals surface area contributed by atoms with Crippen LogP contribution >= 0.6 is 0 Å². The number of benzene rings is 1. The lowest BCUT2D eigenvalue weighted by atomic mass is 10.1. The van der Waals surface area contributed by atoms with Gasteiger partial charge >= 0.3 is 0 Å². The molecule has 0 saturated carbocycles. The van der Waals surface area contributed by atoms with Crippen LogP contribution in [-0.4, -0.2) is 25.4 Å². The van der Waals surface area contributed by atoms with Gasteiger partial charge in [0.2, 0.25) is 5.91 Å². The minimum absolute atomic E-state index is 0.251. The van der Waals surface area contributed by atoms with Crippen molar-refractivity contribution in [1.82, 2.24) is 19.5 Å². The fraction of sp³-hybridized carbons (Fsp3) is 0.222. The van der Waals surface area contributed by atoms with E-state index in [1.807, 2.05) is 22.8 Å². The molecule has 0 bridgehead atoms. The van der Waals surface area contributed by atoms with Gasteiger partial charge in [0.15, 0.2) is 5.82 Å². The lowest BCUT2D eigenvalue weighted by Crippen LogP contribution is -2.07. The molecule has 0 aliphatic rings. The summed E-state index contributed by atoms with van der Waals surface area (Å²) in [6.45, 7) is 7.76. The average molecular weight is 321 g/mol. The minimum Gasteiger partial charge on any atom is -0.322 e. The zero-order chi connectivity index (χ0) is 17.1.